The summed E-state index contributed by atoms with van der Waals surface area (Å²) in [5.41, 5.74) is 0.610. The largest absolute Gasteiger partial charge is 0.490 e. The minimum Gasteiger partial charge on any atom is -0.490 e. The van der Waals surface area contributed by atoms with Gasteiger partial charge in [0.1, 0.15) is 18.2 Å². The molecule has 4 nitrogen and oxygen atoms in total. The molecule has 0 saturated heterocycles. The molecule has 0 amide bonds. The third-order valence-corrected chi connectivity index (χ3v) is 4.69. The minimum atomic E-state index is -0.220. The normalized spacial score (nSPS) is 14.4. The van der Waals surface area contributed by atoms with Gasteiger partial charge < -0.3 is 19.5 Å². The van der Waals surface area contributed by atoms with Gasteiger partial charge >= 0.3 is 0 Å². The zero-order valence-electron chi connectivity index (χ0n) is 16.7. The topological polar surface area (TPSA) is 39.7 Å². The van der Waals surface area contributed by atoms with Crippen molar-refractivity contribution in [2.24, 2.45) is 0 Å². The maximum absolute atomic E-state index is 14.1. The Morgan fingerprint density at radius 3 is 2.57 bits per heavy atom. The summed E-state index contributed by atoms with van der Waals surface area (Å²) in [6.07, 6.45) is 4.96. The highest BCUT2D eigenvalue weighted by molar-refractivity contribution is 5.39. The predicted molar refractivity (Wildman–Crippen MR) is 109 cm³/mol. The van der Waals surface area contributed by atoms with Crippen molar-refractivity contribution in [1.82, 2.24) is 5.32 Å². The Bertz CT molecular complexity index is 744. The molecule has 5 heteroatoms. The van der Waals surface area contributed by atoms with E-state index in [1.807, 2.05) is 38.1 Å². The number of halogens is 1. The highest BCUT2D eigenvalue weighted by atomic mass is 19.1. The van der Waals surface area contributed by atoms with Crippen LogP contribution in [-0.4, -0.2) is 25.4 Å². The van der Waals surface area contributed by atoms with Crippen LogP contribution in [0.15, 0.2) is 42.5 Å². The van der Waals surface area contributed by atoms with E-state index in [1.165, 1.54) is 18.9 Å². The van der Waals surface area contributed by atoms with Gasteiger partial charge in [0.15, 0.2) is 11.5 Å². The zero-order chi connectivity index (χ0) is 19.8. The van der Waals surface area contributed by atoms with Crippen LogP contribution in [0.5, 0.6) is 17.2 Å². The minimum absolute atomic E-state index is 0.0876. The van der Waals surface area contributed by atoms with Gasteiger partial charge in [-0.15, -0.1) is 0 Å². The van der Waals surface area contributed by atoms with Gasteiger partial charge in [-0.3, -0.25) is 0 Å². The van der Waals surface area contributed by atoms with Crippen LogP contribution < -0.4 is 19.5 Å². The summed E-state index contributed by atoms with van der Waals surface area (Å²) < 4.78 is 31.6. The van der Waals surface area contributed by atoms with Crippen molar-refractivity contribution < 1.29 is 18.6 Å². The third kappa shape index (κ3) is 6.13. The van der Waals surface area contributed by atoms with Crippen LogP contribution in [-0.2, 0) is 6.54 Å². The molecular weight excluding hydrogens is 357 g/mol. The fourth-order valence-electron chi connectivity index (χ4n) is 3.34. The van der Waals surface area contributed by atoms with Crippen molar-refractivity contribution in [2.75, 3.05) is 13.2 Å². The molecule has 0 bridgehead atoms. The molecule has 1 saturated carbocycles. The van der Waals surface area contributed by atoms with E-state index in [0.717, 1.165) is 30.1 Å². The summed E-state index contributed by atoms with van der Waals surface area (Å²) in [5, 5.41) is 3.23. The molecule has 2 aromatic rings. The van der Waals surface area contributed by atoms with Gasteiger partial charge in [0.05, 0.1) is 12.2 Å². The predicted octanol–water partition coefficient (Wildman–Crippen LogP) is 5.10. The number of nitrogens with one attached hydrogen (secondary N) is 1. The Balaban J connectivity index is 1.45. The van der Waals surface area contributed by atoms with Crippen LogP contribution in [0.4, 0.5) is 4.39 Å². The van der Waals surface area contributed by atoms with Crippen LogP contribution in [0.1, 0.15) is 45.1 Å². The SMILES string of the molecule is CC(C)Oc1ccccc1OCCNCc1cc(OC2CCCC2)ccc1F. The van der Waals surface area contributed by atoms with Crippen LogP contribution >= 0.6 is 0 Å². The molecule has 0 aromatic heterocycles. The molecule has 0 heterocycles. The van der Waals surface area contributed by atoms with Gasteiger partial charge in [-0.1, -0.05) is 12.1 Å². The number of rotatable bonds is 10. The lowest BCUT2D eigenvalue weighted by Crippen LogP contribution is -2.21. The van der Waals surface area contributed by atoms with Crippen molar-refractivity contribution in [3.8, 4) is 17.2 Å². The first-order chi connectivity index (χ1) is 13.6. The Morgan fingerprint density at radius 2 is 1.82 bits per heavy atom. The maximum atomic E-state index is 14.1. The van der Waals surface area contributed by atoms with Crippen LogP contribution in [0.2, 0.25) is 0 Å². The number of para-hydroxylation sites is 2. The summed E-state index contributed by atoms with van der Waals surface area (Å²) in [6, 6.07) is 12.6. The standard InChI is InChI=1S/C23H30FNO3/c1-17(2)27-23-10-6-5-9-22(23)26-14-13-25-16-18-15-20(11-12-21(18)24)28-19-7-3-4-8-19/h5-6,9-12,15,17,19,25H,3-4,7-8,13-14,16H2,1-2H3. The highest BCUT2D eigenvalue weighted by Crippen LogP contribution is 2.27. The molecule has 1 aliphatic rings. The first kappa shape index (κ1) is 20.5. The van der Waals surface area contributed by atoms with Gasteiger partial charge in [-0.2, -0.15) is 0 Å². The van der Waals surface area contributed by atoms with E-state index in [1.54, 1.807) is 12.1 Å². The first-order valence-corrected chi connectivity index (χ1v) is 10.2. The van der Waals surface area contributed by atoms with Crippen molar-refractivity contribution in [3.63, 3.8) is 0 Å². The van der Waals surface area contributed by atoms with Crippen LogP contribution in [0.25, 0.3) is 0 Å². The van der Waals surface area contributed by atoms with Gasteiger partial charge in [-0.25, -0.2) is 4.39 Å². The molecule has 0 aliphatic heterocycles. The second kappa shape index (κ2) is 10.3. The smallest absolute Gasteiger partial charge is 0.161 e. The molecule has 3 rings (SSSR count). The van der Waals surface area contributed by atoms with Gasteiger partial charge in [0.25, 0.3) is 0 Å². The summed E-state index contributed by atoms with van der Waals surface area (Å²) in [7, 11) is 0. The molecule has 1 fully saturated rings. The molecule has 0 spiro atoms. The van der Waals surface area contributed by atoms with Gasteiger partial charge in [-0.05, 0) is 69.9 Å². The van der Waals surface area contributed by atoms with E-state index in [4.69, 9.17) is 14.2 Å². The van der Waals surface area contributed by atoms with Crippen molar-refractivity contribution >= 4 is 0 Å². The summed E-state index contributed by atoms with van der Waals surface area (Å²) in [4.78, 5) is 0. The van der Waals surface area contributed by atoms with E-state index < -0.39 is 0 Å². The van der Waals surface area contributed by atoms with Crippen molar-refractivity contribution in [3.05, 3.63) is 53.8 Å². The number of hydrogen-bond donors (Lipinski definition) is 1. The van der Waals surface area contributed by atoms with Crippen LogP contribution in [0.3, 0.4) is 0 Å². The molecule has 1 N–H and O–H groups in total. The second-order valence-corrected chi connectivity index (χ2v) is 7.42. The molecule has 0 radical (unpaired) electrons. The Kier molecular flexibility index (Phi) is 7.54. The number of hydrogen-bond acceptors (Lipinski definition) is 4. The molecule has 28 heavy (non-hydrogen) atoms. The van der Waals surface area contributed by atoms with Crippen molar-refractivity contribution in [2.45, 2.75) is 58.3 Å². The fourth-order valence-corrected chi connectivity index (χ4v) is 3.34. The lowest BCUT2D eigenvalue weighted by molar-refractivity contribution is 0.209. The highest BCUT2D eigenvalue weighted by Gasteiger charge is 2.17. The van der Waals surface area contributed by atoms with E-state index in [0.29, 0.717) is 25.3 Å². The average Bonchev–Trinajstić information content (AvgIpc) is 3.18. The number of benzene rings is 2. The molecule has 1 aliphatic carbocycles. The fraction of sp³-hybridized carbons (Fsp3) is 0.478. The Morgan fingerprint density at radius 1 is 1.07 bits per heavy atom. The molecule has 0 atom stereocenters. The summed E-state index contributed by atoms with van der Waals surface area (Å²) in [6.45, 7) is 5.47. The van der Waals surface area contributed by atoms with Crippen molar-refractivity contribution in [1.29, 1.82) is 0 Å². The quantitative estimate of drug-likeness (QED) is 0.576. The average molecular weight is 387 g/mol. The monoisotopic (exact) mass is 387 g/mol. The molecule has 2 aromatic carbocycles. The Labute approximate surface area is 167 Å². The zero-order valence-corrected chi connectivity index (χ0v) is 16.7. The summed E-state index contributed by atoms with van der Waals surface area (Å²) >= 11 is 0. The molecule has 0 unspecified atom stereocenters. The van der Waals surface area contributed by atoms with E-state index in [2.05, 4.69) is 5.32 Å². The van der Waals surface area contributed by atoms with Gasteiger partial charge in [0.2, 0.25) is 0 Å². The van der Waals surface area contributed by atoms with Gasteiger partial charge in [0, 0.05) is 18.7 Å². The van der Waals surface area contributed by atoms with E-state index in [-0.39, 0.29) is 18.0 Å². The van der Waals surface area contributed by atoms with Crippen LogP contribution in [0, 0.1) is 5.82 Å². The first-order valence-electron chi connectivity index (χ1n) is 10.2. The summed E-state index contributed by atoms with van der Waals surface area (Å²) in [5.74, 6) is 1.99. The lowest BCUT2D eigenvalue weighted by atomic mass is 10.2. The lowest BCUT2D eigenvalue weighted by Gasteiger charge is -2.16. The Hall–Kier alpha value is -2.27. The third-order valence-electron chi connectivity index (χ3n) is 4.69. The van der Waals surface area contributed by atoms with E-state index in [9.17, 15) is 4.39 Å². The van der Waals surface area contributed by atoms with E-state index >= 15 is 0 Å². The molecule has 152 valence electrons. The number of ether oxygens (including phenoxy) is 3. The second-order valence-electron chi connectivity index (χ2n) is 7.42. The molecular formula is C23H30FNO3. The maximum Gasteiger partial charge on any atom is 0.161 e.